The molecule has 0 saturated heterocycles. The van der Waals surface area contributed by atoms with E-state index in [1.807, 2.05) is 19.0 Å². The van der Waals surface area contributed by atoms with Gasteiger partial charge in [-0.05, 0) is 32.9 Å². The van der Waals surface area contributed by atoms with Gasteiger partial charge in [-0.3, -0.25) is 4.79 Å². The second-order valence-corrected chi connectivity index (χ2v) is 6.08. The zero-order valence-electron chi connectivity index (χ0n) is 13.9. The molecular weight excluding hydrogens is 270 g/mol. The van der Waals surface area contributed by atoms with Crippen LogP contribution in [-0.4, -0.2) is 67.2 Å². The standard InChI is InChI=1S/C15H31N3O3/c1-13(2)12-18(11-10-17(3)4)15(21)16-9-7-5-6-8-14(19)20/h13H,5-12H2,1-4H3,(H,16,21)(H,19,20). The van der Waals surface area contributed by atoms with Crippen molar-refractivity contribution in [3.8, 4) is 0 Å². The van der Waals surface area contributed by atoms with Crippen LogP contribution in [0.4, 0.5) is 4.79 Å². The molecule has 124 valence electrons. The Morgan fingerprint density at radius 2 is 1.76 bits per heavy atom. The number of nitrogens with zero attached hydrogens (tertiary/aromatic N) is 2. The van der Waals surface area contributed by atoms with Crippen molar-refractivity contribution in [2.75, 3.05) is 40.3 Å². The van der Waals surface area contributed by atoms with E-state index in [0.29, 0.717) is 18.9 Å². The molecule has 0 aliphatic heterocycles. The second-order valence-electron chi connectivity index (χ2n) is 6.08. The van der Waals surface area contributed by atoms with Crippen molar-refractivity contribution in [3.63, 3.8) is 0 Å². The van der Waals surface area contributed by atoms with Crippen LogP contribution in [0.1, 0.15) is 39.5 Å². The molecule has 0 bridgehead atoms. The van der Waals surface area contributed by atoms with Crippen LogP contribution >= 0.6 is 0 Å². The minimum Gasteiger partial charge on any atom is -0.481 e. The Morgan fingerprint density at radius 3 is 2.29 bits per heavy atom. The van der Waals surface area contributed by atoms with Crippen molar-refractivity contribution in [3.05, 3.63) is 0 Å². The highest BCUT2D eigenvalue weighted by Gasteiger charge is 2.14. The third-order valence-corrected chi connectivity index (χ3v) is 3.03. The Labute approximate surface area is 128 Å². The van der Waals surface area contributed by atoms with Crippen LogP contribution in [0.15, 0.2) is 0 Å². The monoisotopic (exact) mass is 301 g/mol. The molecule has 0 spiro atoms. The van der Waals surface area contributed by atoms with Crippen LogP contribution in [0.5, 0.6) is 0 Å². The Morgan fingerprint density at radius 1 is 1.10 bits per heavy atom. The first kappa shape index (κ1) is 19.7. The molecule has 0 aliphatic carbocycles. The first-order chi connectivity index (χ1) is 9.82. The van der Waals surface area contributed by atoms with Crippen LogP contribution in [0.2, 0.25) is 0 Å². The van der Waals surface area contributed by atoms with E-state index in [-0.39, 0.29) is 12.5 Å². The molecule has 0 aliphatic rings. The lowest BCUT2D eigenvalue weighted by atomic mass is 10.2. The molecule has 0 heterocycles. The summed E-state index contributed by atoms with van der Waals surface area (Å²) in [4.78, 5) is 26.4. The summed E-state index contributed by atoms with van der Waals surface area (Å²) in [5.41, 5.74) is 0. The van der Waals surface area contributed by atoms with Crippen LogP contribution < -0.4 is 5.32 Å². The third-order valence-electron chi connectivity index (χ3n) is 3.03. The minimum atomic E-state index is -0.758. The van der Waals surface area contributed by atoms with Crippen molar-refractivity contribution < 1.29 is 14.7 Å². The lowest BCUT2D eigenvalue weighted by Crippen LogP contribution is -2.45. The first-order valence-corrected chi connectivity index (χ1v) is 7.72. The molecule has 6 nitrogen and oxygen atoms in total. The first-order valence-electron chi connectivity index (χ1n) is 7.72. The zero-order valence-corrected chi connectivity index (χ0v) is 13.9. The van der Waals surface area contributed by atoms with Crippen LogP contribution in [0, 0.1) is 5.92 Å². The van der Waals surface area contributed by atoms with Crippen molar-refractivity contribution >= 4 is 12.0 Å². The summed E-state index contributed by atoms with van der Waals surface area (Å²) in [5, 5.41) is 11.5. The second kappa shape index (κ2) is 11.4. The van der Waals surface area contributed by atoms with Crippen LogP contribution in [0.25, 0.3) is 0 Å². The highest BCUT2D eigenvalue weighted by Crippen LogP contribution is 2.01. The fourth-order valence-electron chi connectivity index (χ4n) is 1.92. The van der Waals surface area contributed by atoms with Gasteiger partial charge in [-0.15, -0.1) is 0 Å². The molecule has 0 aromatic heterocycles. The maximum atomic E-state index is 12.1. The molecule has 0 aromatic carbocycles. The van der Waals surface area contributed by atoms with E-state index in [0.717, 1.165) is 32.5 Å². The molecule has 0 atom stereocenters. The van der Waals surface area contributed by atoms with E-state index in [1.165, 1.54) is 0 Å². The lowest BCUT2D eigenvalue weighted by molar-refractivity contribution is -0.137. The van der Waals surface area contributed by atoms with Crippen molar-refractivity contribution in [1.29, 1.82) is 0 Å². The number of carbonyl (C=O) groups excluding carboxylic acids is 1. The number of likely N-dealkylation sites (N-methyl/N-ethyl adjacent to an activating group) is 1. The van der Waals surface area contributed by atoms with Gasteiger partial charge < -0.3 is 20.2 Å². The van der Waals surface area contributed by atoms with E-state index >= 15 is 0 Å². The normalized spacial score (nSPS) is 11.0. The molecule has 2 N–H and O–H groups in total. The molecule has 0 rings (SSSR count). The average Bonchev–Trinajstić information content (AvgIpc) is 2.37. The maximum absolute atomic E-state index is 12.1. The van der Waals surface area contributed by atoms with Gasteiger partial charge in [0.2, 0.25) is 0 Å². The van der Waals surface area contributed by atoms with Gasteiger partial charge in [0.15, 0.2) is 0 Å². The number of hydrogen-bond acceptors (Lipinski definition) is 3. The number of carbonyl (C=O) groups is 2. The summed E-state index contributed by atoms with van der Waals surface area (Å²) in [5.74, 6) is -0.320. The molecule has 2 amide bonds. The quantitative estimate of drug-likeness (QED) is 0.571. The van der Waals surface area contributed by atoms with Crippen molar-refractivity contribution in [2.45, 2.75) is 39.5 Å². The SMILES string of the molecule is CC(C)CN(CCN(C)C)C(=O)NCCCCCC(=O)O. The molecule has 0 unspecified atom stereocenters. The van der Waals surface area contributed by atoms with Gasteiger partial charge in [0.1, 0.15) is 0 Å². The van der Waals surface area contributed by atoms with Gasteiger partial charge in [-0.25, -0.2) is 4.79 Å². The van der Waals surface area contributed by atoms with Gasteiger partial charge in [-0.2, -0.15) is 0 Å². The number of urea groups is 1. The van der Waals surface area contributed by atoms with Gasteiger partial charge in [-0.1, -0.05) is 20.3 Å². The van der Waals surface area contributed by atoms with E-state index in [1.54, 1.807) is 0 Å². The average molecular weight is 301 g/mol. The van der Waals surface area contributed by atoms with Crippen molar-refractivity contribution in [2.24, 2.45) is 5.92 Å². The predicted molar refractivity (Wildman–Crippen MR) is 84.5 cm³/mol. The van der Waals surface area contributed by atoms with Gasteiger partial charge in [0, 0.05) is 32.6 Å². The highest BCUT2D eigenvalue weighted by atomic mass is 16.4. The van der Waals surface area contributed by atoms with Gasteiger partial charge in [0.25, 0.3) is 0 Å². The third kappa shape index (κ3) is 12.2. The zero-order chi connectivity index (χ0) is 16.3. The number of hydrogen-bond donors (Lipinski definition) is 2. The van der Waals surface area contributed by atoms with E-state index in [2.05, 4.69) is 24.1 Å². The van der Waals surface area contributed by atoms with Gasteiger partial charge in [0.05, 0.1) is 0 Å². The molecule has 0 aromatic rings. The van der Waals surface area contributed by atoms with E-state index < -0.39 is 5.97 Å². The number of unbranched alkanes of at least 4 members (excludes halogenated alkanes) is 2. The summed E-state index contributed by atoms with van der Waals surface area (Å²) >= 11 is 0. The molecule has 0 saturated carbocycles. The van der Waals surface area contributed by atoms with E-state index in [4.69, 9.17) is 5.11 Å². The fraction of sp³-hybridized carbons (Fsp3) is 0.867. The topological polar surface area (TPSA) is 72.9 Å². The summed E-state index contributed by atoms with van der Waals surface area (Å²) in [6, 6.07) is -0.0243. The number of aliphatic carboxylic acids is 1. The van der Waals surface area contributed by atoms with Gasteiger partial charge >= 0.3 is 12.0 Å². The molecular formula is C15H31N3O3. The number of carboxylic acids is 1. The van der Waals surface area contributed by atoms with Crippen molar-refractivity contribution in [1.82, 2.24) is 15.1 Å². The lowest BCUT2D eigenvalue weighted by Gasteiger charge is -2.26. The molecule has 21 heavy (non-hydrogen) atoms. The van der Waals surface area contributed by atoms with Crippen LogP contribution in [0.3, 0.4) is 0 Å². The number of nitrogens with one attached hydrogen (secondary N) is 1. The molecule has 0 radical (unpaired) electrons. The summed E-state index contributed by atoms with van der Waals surface area (Å²) < 4.78 is 0. The highest BCUT2D eigenvalue weighted by molar-refractivity contribution is 5.74. The number of amides is 2. The summed E-state index contributed by atoms with van der Waals surface area (Å²) in [6.45, 7) is 7.12. The Kier molecular flexibility index (Phi) is 10.7. The van der Waals surface area contributed by atoms with Crippen LogP contribution in [-0.2, 0) is 4.79 Å². The number of rotatable bonds is 11. The largest absolute Gasteiger partial charge is 0.481 e. The Balaban J connectivity index is 3.95. The molecule has 6 heteroatoms. The maximum Gasteiger partial charge on any atom is 0.317 e. The summed E-state index contributed by atoms with van der Waals surface area (Å²) in [7, 11) is 3.99. The minimum absolute atomic E-state index is 0.0243. The fourth-order valence-corrected chi connectivity index (χ4v) is 1.92. The summed E-state index contributed by atoms with van der Waals surface area (Å²) in [6.07, 6.45) is 2.52. The molecule has 0 fully saturated rings. The number of carboxylic acid groups (broad SMARTS) is 1. The predicted octanol–water partition coefficient (Wildman–Crippen LogP) is 1.86. The Bertz CT molecular complexity index is 307. The smallest absolute Gasteiger partial charge is 0.317 e. The Hall–Kier alpha value is -1.30. The van der Waals surface area contributed by atoms with E-state index in [9.17, 15) is 9.59 Å².